The van der Waals surface area contributed by atoms with Crippen LogP contribution in [0.1, 0.15) is 18.9 Å². The molecule has 5 heteroatoms. The van der Waals surface area contributed by atoms with Crippen molar-refractivity contribution in [3.05, 3.63) is 29.8 Å². The van der Waals surface area contributed by atoms with Crippen molar-refractivity contribution in [3.63, 3.8) is 0 Å². The maximum Gasteiger partial charge on any atom is 0.220 e. The lowest BCUT2D eigenvalue weighted by molar-refractivity contribution is -0.122. The van der Waals surface area contributed by atoms with Crippen LogP contribution in [0, 0.1) is 0 Å². The molecule has 1 rings (SSSR count). The molecular formula is C14H21NO4. The fourth-order valence-electron chi connectivity index (χ4n) is 1.48. The van der Waals surface area contributed by atoms with Crippen LogP contribution in [0.2, 0.25) is 0 Å². The number of carbonyl (C=O) groups is 1. The van der Waals surface area contributed by atoms with Crippen LogP contribution in [0.3, 0.4) is 0 Å². The summed E-state index contributed by atoms with van der Waals surface area (Å²) in [5.74, 6) is 0.636. The average molecular weight is 267 g/mol. The van der Waals surface area contributed by atoms with Crippen molar-refractivity contribution >= 4 is 5.91 Å². The van der Waals surface area contributed by atoms with Crippen molar-refractivity contribution in [2.24, 2.45) is 0 Å². The quantitative estimate of drug-likeness (QED) is 0.671. The van der Waals surface area contributed by atoms with Crippen LogP contribution in [-0.2, 0) is 11.2 Å². The molecule has 0 saturated heterocycles. The van der Waals surface area contributed by atoms with E-state index in [4.69, 9.17) is 9.84 Å². The van der Waals surface area contributed by atoms with E-state index in [1.807, 2.05) is 24.3 Å². The number of rotatable bonds is 7. The Kier molecular flexibility index (Phi) is 5.79. The Morgan fingerprint density at radius 2 is 2.00 bits per heavy atom. The van der Waals surface area contributed by atoms with Crippen molar-refractivity contribution < 1.29 is 19.7 Å². The summed E-state index contributed by atoms with van der Waals surface area (Å²) in [6, 6.07) is 7.53. The van der Waals surface area contributed by atoms with E-state index in [1.54, 1.807) is 7.11 Å². The van der Waals surface area contributed by atoms with Gasteiger partial charge in [0.1, 0.15) is 11.4 Å². The minimum atomic E-state index is -1.27. The number of amides is 1. The van der Waals surface area contributed by atoms with Crippen molar-refractivity contribution in [2.45, 2.75) is 25.4 Å². The number of aliphatic hydroxyl groups excluding tert-OH is 1. The molecule has 1 amide bonds. The molecule has 19 heavy (non-hydrogen) atoms. The molecular weight excluding hydrogens is 246 g/mol. The molecule has 3 N–H and O–H groups in total. The molecule has 0 spiro atoms. The molecule has 0 aliphatic carbocycles. The van der Waals surface area contributed by atoms with E-state index in [0.717, 1.165) is 11.3 Å². The smallest absolute Gasteiger partial charge is 0.220 e. The predicted molar refractivity (Wildman–Crippen MR) is 72.0 cm³/mol. The van der Waals surface area contributed by atoms with Gasteiger partial charge >= 0.3 is 0 Å². The van der Waals surface area contributed by atoms with E-state index < -0.39 is 5.60 Å². The summed E-state index contributed by atoms with van der Waals surface area (Å²) >= 11 is 0. The predicted octanol–water partition coefficient (Wildman–Crippen LogP) is 0.487. The Labute approximate surface area is 113 Å². The normalized spacial score (nSPS) is 13.7. The van der Waals surface area contributed by atoms with E-state index in [0.29, 0.717) is 12.8 Å². The van der Waals surface area contributed by atoms with Crippen LogP contribution in [-0.4, -0.2) is 42.0 Å². The van der Waals surface area contributed by atoms with E-state index in [-0.39, 0.29) is 19.1 Å². The summed E-state index contributed by atoms with van der Waals surface area (Å²) in [4.78, 5) is 11.6. The standard InChI is InChI=1S/C14H21NO4/c1-14(18,10-16)9-15-13(17)8-5-11-3-6-12(19-2)7-4-11/h3-4,6-7,16,18H,5,8-10H2,1-2H3,(H,15,17). The summed E-state index contributed by atoms with van der Waals surface area (Å²) < 4.78 is 5.05. The van der Waals surface area contributed by atoms with Crippen LogP contribution in [0.25, 0.3) is 0 Å². The molecule has 0 radical (unpaired) electrons. The average Bonchev–Trinajstić information content (AvgIpc) is 2.43. The highest BCUT2D eigenvalue weighted by Gasteiger charge is 2.19. The third-order valence-electron chi connectivity index (χ3n) is 2.81. The summed E-state index contributed by atoms with van der Waals surface area (Å²) in [6.45, 7) is 1.13. The molecule has 0 fully saturated rings. The number of ether oxygens (including phenoxy) is 1. The maximum absolute atomic E-state index is 11.6. The second-order valence-corrected chi connectivity index (χ2v) is 4.78. The van der Waals surface area contributed by atoms with Gasteiger partial charge in [0.25, 0.3) is 0 Å². The van der Waals surface area contributed by atoms with Gasteiger partial charge in [-0.25, -0.2) is 0 Å². The molecule has 1 atom stereocenters. The summed E-state index contributed by atoms with van der Waals surface area (Å²) in [6.07, 6.45) is 0.963. The van der Waals surface area contributed by atoms with Gasteiger partial charge in [-0.1, -0.05) is 12.1 Å². The van der Waals surface area contributed by atoms with Crippen molar-refractivity contribution in [1.29, 1.82) is 0 Å². The van der Waals surface area contributed by atoms with Gasteiger partial charge in [-0.3, -0.25) is 4.79 Å². The summed E-state index contributed by atoms with van der Waals surface area (Å²) in [5, 5.41) is 21.0. The zero-order valence-electron chi connectivity index (χ0n) is 11.3. The number of aryl methyl sites for hydroxylation is 1. The Morgan fingerprint density at radius 3 is 2.53 bits per heavy atom. The maximum atomic E-state index is 11.6. The first-order valence-corrected chi connectivity index (χ1v) is 6.20. The third kappa shape index (κ3) is 5.72. The van der Waals surface area contributed by atoms with Crippen LogP contribution >= 0.6 is 0 Å². The van der Waals surface area contributed by atoms with Crippen molar-refractivity contribution in [3.8, 4) is 5.75 Å². The van der Waals surface area contributed by atoms with Crippen LogP contribution in [0.15, 0.2) is 24.3 Å². The number of hydrogen-bond acceptors (Lipinski definition) is 4. The minimum absolute atomic E-state index is 0.0466. The van der Waals surface area contributed by atoms with E-state index in [9.17, 15) is 9.90 Å². The Morgan fingerprint density at radius 1 is 1.37 bits per heavy atom. The lowest BCUT2D eigenvalue weighted by atomic mass is 10.1. The third-order valence-corrected chi connectivity index (χ3v) is 2.81. The highest BCUT2D eigenvalue weighted by Crippen LogP contribution is 2.12. The number of hydrogen-bond donors (Lipinski definition) is 3. The van der Waals surface area contributed by atoms with Gasteiger partial charge in [0.2, 0.25) is 5.91 Å². The molecule has 0 aliphatic heterocycles. The second kappa shape index (κ2) is 7.11. The van der Waals surface area contributed by atoms with Gasteiger partial charge in [-0.2, -0.15) is 0 Å². The number of carbonyl (C=O) groups excluding carboxylic acids is 1. The van der Waals surface area contributed by atoms with E-state index in [1.165, 1.54) is 6.92 Å². The first-order chi connectivity index (χ1) is 8.96. The Hall–Kier alpha value is -1.59. The second-order valence-electron chi connectivity index (χ2n) is 4.78. The highest BCUT2D eigenvalue weighted by molar-refractivity contribution is 5.76. The number of nitrogens with one attached hydrogen (secondary N) is 1. The number of benzene rings is 1. The number of methoxy groups -OCH3 is 1. The van der Waals surface area contributed by atoms with Crippen LogP contribution < -0.4 is 10.1 Å². The zero-order chi connectivity index (χ0) is 14.3. The topological polar surface area (TPSA) is 78.8 Å². The molecule has 0 aliphatic rings. The van der Waals surface area contributed by atoms with Crippen molar-refractivity contribution in [1.82, 2.24) is 5.32 Å². The van der Waals surface area contributed by atoms with Gasteiger partial charge < -0.3 is 20.3 Å². The fourth-order valence-corrected chi connectivity index (χ4v) is 1.48. The van der Waals surface area contributed by atoms with Gasteiger partial charge in [0.15, 0.2) is 0 Å². The Bertz CT molecular complexity index is 400. The van der Waals surface area contributed by atoms with Gasteiger partial charge in [0, 0.05) is 13.0 Å². The highest BCUT2D eigenvalue weighted by atomic mass is 16.5. The lowest BCUT2D eigenvalue weighted by Gasteiger charge is -2.20. The van der Waals surface area contributed by atoms with Gasteiger partial charge in [0.05, 0.1) is 13.7 Å². The molecule has 0 heterocycles. The zero-order valence-corrected chi connectivity index (χ0v) is 11.3. The molecule has 0 aromatic heterocycles. The summed E-state index contributed by atoms with van der Waals surface area (Å²) in [5.41, 5.74) is -0.222. The molecule has 106 valence electrons. The lowest BCUT2D eigenvalue weighted by Crippen LogP contribution is -2.43. The largest absolute Gasteiger partial charge is 0.497 e. The molecule has 1 aromatic carbocycles. The van der Waals surface area contributed by atoms with E-state index in [2.05, 4.69) is 5.32 Å². The Balaban J connectivity index is 2.33. The summed E-state index contributed by atoms with van der Waals surface area (Å²) in [7, 11) is 1.61. The number of aliphatic hydroxyl groups is 2. The van der Waals surface area contributed by atoms with Crippen LogP contribution in [0.5, 0.6) is 5.75 Å². The minimum Gasteiger partial charge on any atom is -0.497 e. The van der Waals surface area contributed by atoms with E-state index >= 15 is 0 Å². The first kappa shape index (κ1) is 15.5. The fraction of sp³-hybridized carbons (Fsp3) is 0.500. The van der Waals surface area contributed by atoms with Gasteiger partial charge in [-0.15, -0.1) is 0 Å². The molecule has 0 bridgehead atoms. The molecule has 5 nitrogen and oxygen atoms in total. The molecule has 1 unspecified atom stereocenters. The SMILES string of the molecule is COc1ccc(CCC(=O)NCC(C)(O)CO)cc1. The first-order valence-electron chi connectivity index (χ1n) is 6.20. The monoisotopic (exact) mass is 267 g/mol. The molecule has 0 saturated carbocycles. The van der Waals surface area contributed by atoms with Gasteiger partial charge in [-0.05, 0) is 31.0 Å². The molecule has 1 aromatic rings. The van der Waals surface area contributed by atoms with Crippen LogP contribution in [0.4, 0.5) is 0 Å². The van der Waals surface area contributed by atoms with Crippen molar-refractivity contribution in [2.75, 3.05) is 20.3 Å².